The average Bonchev–Trinajstić information content (AvgIpc) is 1.87. The Kier molecular flexibility index (Phi) is 5.86. The van der Waals surface area contributed by atoms with Crippen LogP contribution >= 0.6 is 0 Å². The second kappa shape index (κ2) is 6.35. The number of hydrogen-bond acceptors (Lipinski definition) is 2. The second-order valence-corrected chi connectivity index (χ2v) is 2.07. The van der Waals surface area contributed by atoms with Crippen LogP contribution in [0.25, 0.3) is 0 Å². The molecule has 0 spiro atoms. The lowest BCUT2D eigenvalue weighted by atomic mass is 10.2. The van der Waals surface area contributed by atoms with Gasteiger partial charge in [-0.1, -0.05) is 6.42 Å². The zero-order valence-corrected chi connectivity index (χ0v) is 6.05. The molecule has 0 aliphatic rings. The summed E-state index contributed by atoms with van der Waals surface area (Å²) < 4.78 is 0. The van der Waals surface area contributed by atoms with Crippen LogP contribution in [0.15, 0.2) is 0 Å². The highest BCUT2D eigenvalue weighted by atomic mass is 16.2. The summed E-state index contributed by atoms with van der Waals surface area (Å²) in [7, 11) is 0. The number of rotatable bonds is 5. The van der Waals surface area contributed by atoms with Gasteiger partial charge in [0.15, 0.2) is 0 Å². The fourth-order valence-electron chi connectivity index (χ4n) is 0.622. The van der Waals surface area contributed by atoms with Crippen LogP contribution in [0.2, 0.25) is 0 Å². The van der Waals surface area contributed by atoms with Crippen LogP contribution < -0.4 is 16.8 Å². The van der Waals surface area contributed by atoms with Crippen LogP contribution in [0.4, 0.5) is 4.79 Å². The maximum atomic E-state index is 10.1. The van der Waals surface area contributed by atoms with Crippen molar-refractivity contribution in [2.24, 2.45) is 11.5 Å². The Morgan fingerprint density at radius 2 is 2.00 bits per heavy atom. The lowest BCUT2D eigenvalue weighted by Crippen LogP contribution is -2.23. The van der Waals surface area contributed by atoms with Gasteiger partial charge >= 0.3 is 6.03 Å². The van der Waals surface area contributed by atoms with Crippen molar-refractivity contribution in [1.29, 1.82) is 0 Å². The molecule has 0 aromatic rings. The van der Waals surface area contributed by atoms with E-state index in [1.807, 2.05) is 0 Å². The lowest BCUT2D eigenvalue weighted by Gasteiger charge is -1.96. The van der Waals surface area contributed by atoms with E-state index in [1.165, 1.54) is 0 Å². The van der Waals surface area contributed by atoms with Crippen molar-refractivity contribution >= 4 is 6.03 Å². The third kappa shape index (κ3) is 7.23. The van der Waals surface area contributed by atoms with Gasteiger partial charge in [0, 0.05) is 6.54 Å². The molecule has 0 unspecified atom stereocenters. The Morgan fingerprint density at radius 1 is 1.30 bits per heavy atom. The summed E-state index contributed by atoms with van der Waals surface area (Å²) in [5.74, 6) is 0. The fourth-order valence-corrected chi connectivity index (χ4v) is 0.622. The molecular weight excluding hydrogens is 130 g/mol. The third-order valence-electron chi connectivity index (χ3n) is 1.13. The molecule has 59 valence electrons. The summed E-state index contributed by atoms with van der Waals surface area (Å²) in [5, 5.41) is 3.49. The summed E-state index contributed by atoms with van der Waals surface area (Å²) >= 11 is 0. The normalized spacial score (nSPS) is 9.30. The predicted octanol–water partition coefficient (Wildman–Crippen LogP) is -0.202. The van der Waals surface area contributed by atoms with Crippen LogP contribution in [0.5, 0.6) is 0 Å². The smallest absolute Gasteiger partial charge is 0.333 e. The summed E-state index contributed by atoms with van der Waals surface area (Å²) in [6.45, 7) is 1.24. The van der Waals surface area contributed by atoms with Crippen molar-refractivity contribution in [2.75, 3.05) is 13.1 Å². The molecule has 4 N–H and O–H groups in total. The molecule has 0 saturated heterocycles. The van der Waals surface area contributed by atoms with Crippen LogP contribution in [0, 0.1) is 0 Å². The highest BCUT2D eigenvalue weighted by Gasteiger charge is 1.92. The number of hydrogen-bond donors (Lipinski definition) is 2. The Hall–Kier alpha value is -0.770. The molecule has 0 bridgehead atoms. The van der Waals surface area contributed by atoms with Gasteiger partial charge in [0.1, 0.15) is 0 Å². The summed E-state index contributed by atoms with van der Waals surface area (Å²) in [6, 6.07) is -0.576. The van der Waals surface area contributed by atoms with Crippen molar-refractivity contribution in [2.45, 2.75) is 19.3 Å². The van der Waals surface area contributed by atoms with Crippen LogP contribution in [-0.4, -0.2) is 19.1 Å². The quantitative estimate of drug-likeness (QED) is 0.524. The van der Waals surface area contributed by atoms with Crippen molar-refractivity contribution in [1.82, 2.24) is 5.32 Å². The number of carbonyl (C=O) groups excluding carboxylic acids is 1. The van der Waals surface area contributed by atoms with Gasteiger partial charge in [-0.05, 0) is 19.4 Å². The molecule has 10 heavy (non-hydrogen) atoms. The van der Waals surface area contributed by atoms with Gasteiger partial charge < -0.3 is 11.5 Å². The van der Waals surface area contributed by atoms with Gasteiger partial charge in [-0.15, -0.1) is 0 Å². The summed E-state index contributed by atoms with van der Waals surface area (Å²) in [4.78, 5) is 10.1. The first kappa shape index (κ1) is 9.23. The maximum absolute atomic E-state index is 10.1. The minimum absolute atomic E-state index is 0.537. The average molecular weight is 144 g/mol. The third-order valence-corrected chi connectivity index (χ3v) is 1.13. The molecule has 4 nitrogen and oxygen atoms in total. The monoisotopic (exact) mass is 144 g/mol. The van der Waals surface area contributed by atoms with Crippen LogP contribution in [0.3, 0.4) is 0 Å². The van der Waals surface area contributed by atoms with Gasteiger partial charge in [-0.3, -0.25) is 0 Å². The van der Waals surface area contributed by atoms with Crippen molar-refractivity contribution in [3.05, 3.63) is 0 Å². The topological polar surface area (TPSA) is 83.2 Å². The first-order valence-electron chi connectivity index (χ1n) is 3.44. The zero-order valence-electron chi connectivity index (χ0n) is 6.05. The highest BCUT2D eigenvalue weighted by molar-refractivity contribution is 5.71. The molecule has 1 radical (unpaired) electrons. The molecule has 0 aromatic carbocycles. The molecule has 2 amide bonds. The highest BCUT2D eigenvalue weighted by Crippen LogP contribution is 1.90. The number of primary amides is 1. The Bertz CT molecular complexity index is 95.0. The zero-order chi connectivity index (χ0) is 7.82. The molecule has 0 aliphatic heterocycles. The number of nitrogens with two attached hydrogens (primary N) is 2. The molecule has 0 saturated carbocycles. The van der Waals surface area contributed by atoms with E-state index in [0.717, 1.165) is 19.3 Å². The Morgan fingerprint density at radius 3 is 2.50 bits per heavy atom. The van der Waals surface area contributed by atoms with Crippen molar-refractivity contribution < 1.29 is 4.79 Å². The fraction of sp³-hybridized carbons (Fsp3) is 0.833. The standard InChI is InChI=1S/C6H14N3O/c7-4-2-1-3-5-9-6(8)10/h1-5,7H2,(H2,8,10). The van der Waals surface area contributed by atoms with E-state index in [0.29, 0.717) is 13.1 Å². The molecule has 4 heteroatoms. The number of nitrogens with zero attached hydrogens (tertiary/aromatic N) is 1. The van der Waals surface area contributed by atoms with Crippen molar-refractivity contribution in [3.8, 4) is 0 Å². The largest absolute Gasteiger partial charge is 0.350 e. The molecule has 0 fully saturated rings. The van der Waals surface area contributed by atoms with E-state index in [4.69, 9.17) is 11.5 Å². The van der Waals surface area contributed by atoms with Crippen molar-refractivity contribution in [3.63, 3.8) is 0 Å². The molecule has 0 heterocycles. The molecule has 0 rings (SSSR count). The molecule has 0 atom stereocenters. The van der Waals surface area contributed by atoms with E-state index < -0.39 is 6.03 Å². The summed E-state index contributed by atoms with van der Waals surface area (Å²) in [5.41, 5.74) is 10.0. The van der Waals surface area contributed by atoms with E-state index in [-0.39, 0.29) is 0 Å². The van der Waals surface area contributed by atoms with E-state index in [2.05, 4.69) is 5.32 Å². The number of amides is 2. The minimum atomic E-state index is -0.576. The number of carbonyl (C=O) groups is 1. The SMILES string of the molecule is NCCCCC[N]C(N)=O. The van der Waals surface area contributed by atoms with Gasteiger partial charge in [0.25, 0.3) is 0 Å². The van der Waals surface area contributed by atoms with Crippen LogP contribution in [-0.2, 0) is 0 Å². The first-order chi connectivity index (χ1) is 4.77. The Labute approximate surface area is 61.0 Å². The summed E-state index contributed by atoms with van der Waals surface area (Å²) in [6.07, 6.45) is 2.92. The minimum Gasteiger partial charge on any atom is -0.350 e. The number of unbranched alkanes of at least 4 members (excludes halogenated alkanes) is 2. The van der Waals surface area contributed by atoms with E-state index in [1.54, 1.807) is 0 Å². The maximum Gasteiger partial charge on any atom is 0.333 e. The van der Waals surface area contributed by atoms with E-state index >= 15 is 0 Å². The van der Waals surface area contributed by atoms with E-state index in [9.17, 15) is 4.79 Å². The van der Waals surface area contributed by atoms with Crippen LogP contribution in [0.1, 0.15) is 19.3 Å². The first-order valence-corrected chi connectivity index (χ1v) is 3.44. The predicted molar refractivity (Wildman–Crippen MR) is 39.5 cm³/mol. The molecular formula is C6H14N3O. The molecule has 0 aliphatic carbocycles. The number of urea groups is 1. The second-order valence-electron chi connectivity index (χ2n) is 2.07. The lowest BCUT2D eigenvalue weighted by molar-refractivity contribution is 0.248. The van der Waals surface area contributed by atoms with Gasteiger partial charge in [0.05, 0.1) is 0 Å². The Balaban J connectivity index is 2.84. The van der Waals surface area contributed by atoms with Gasteiger partial charge in [-0.25, -0.2) is 10.1 Å². The molecule has 0 aromatic heterocycles. The van der Waals surface area contributed by atoms with Gasteiger partial charge in [0.2, 0.25) is 0 Å². The van der Waals surface area contributed by atoms with Gasteiger partial charge in [-0.2, -0.15) is 0 Å².